The molecule has 4 aliphatic rings. The number of allylic oxidation sites excluding steroid dienone is 4. The lowest BCUT2D eigenvalue weighted by atomic mass is 9.46. The third kappa shape index (κ3) is 2.79. The van der Waals surface area contributed by atoms with Crippen molar-refractivity contribution in [2.75, 3.05) is 6.61 Å². The standard InChI is InChI=1S/C24H32O6/c1-13-9-16-17-6-8-24(29,20(28)12-30-14(2)25)23(17,4)11-19(27)21(16)22(3)7-5-15(26)10-18(13)22/h9-10,16-17,19,21,27,29H,5-8,11-12H2,1-4H3/t16-,17?,19-,21?,22-,23-,24-/m0/s1. The van der Waals surface area contributed by atoms with Crippen LogP contribution in [-0.4, -0.2) is 46.1 Å². The van der Waals surface area contributed by atoms with E-state index in [0.717, 1.165) is 11.1 Å². The lowest BCUT2D eigenvalue weighted by Gasteiger charge is -2.59. The summed E-state index contributed by atoms with van der Waals surface area (Å²) in [5.74, 6) is -0.910. The van der Waals surface area contributed by atoms with Crippen LogP contribution in [0.15, 0.2) is 23.3 Å². The summed E-state index contributed by atoms with van der Waals surface area (Å²) in [7, 11) is 0. The Balaban J connectivity index is 1.73. The molecule has 164 valence electrons. The van der Waals surface area contributed by atoms with Crippen molar-refractivity contribution < 1.29 is 29.3 Å². The van der Waals surface area contributed by atoms with Crippen molar-refractivity contribution in [2.24, 2.45) is 28.6 Å². The number of Topliss-reactive ketones (excluding diaryl/α,β-unsaturated/α-hetero) is 1. The van der Waals surface area contributed by atoms with E-state index < -0.39 is 35.5 Å². The molecule has 0 radical (unpaired) electrons. The zero-order chi connectivity index (χ0) is 22.1. The quantitative estimate of drug-likeness (QED) is 0.686. The van der Waals surface area contributed by atoms with Crippen molar-refractivity contribution in [2.45, 2.75) is 71.5 Å². The van der Waals surface area contributed by atoms with Gasteiger partial charge in [0.2, 0.25) is 5.78 Å². The smallest absolute Gasteiger partial charge is 0.303 e. The Bertz CT molecular complexity index is 871. The lowest BCUT2D eigenvalue weighted by Crippen LogP contribution is -2.61. The van der Waals surface area contributed by atoms with E-state index in [-0.39, 0.29) is 29.0 Å². The van der Waals surface area contributed by atoms with E-state index in [0.29, 0.717) is 32.1 Å². The summed E-state index contributed by atoms with van der Waals surface area (Å²) < 4.78 is 4.89. The van der Waals surface area contributed by atoms with E-state index in [4.69, 9.17) is 4.74 Å². The molecule has 6 nitrogen and oxygen atoms in total. The highest BCUT2D eigenvalue weighted by Crippen LogP contribution is 2.67. The highest BCUT2D eigenvalue weighted by molar-refractivity contribution is 5.93. The van der Waals surface area contributed by atoms with Crippen LogP contribution in [0.3, 0.4) is 0 Å². The van der Waals surface area contributed by atoms with Crippen LogP contribution < -0.4 is 0 Å². The van der Waals surface area contributed by atoms with Gasteiger partial charge in [0, 0.05) is 24.7 Å². The molecule has 2 unspecified atom stereocenters. The topological polar surface area (TPSA) is 101 Å². The maximum atomic E-state index is 12.9. The minimum atomic E-state index is -1.62. The first-order valence-electron chi connectivity index (χ1n) is 10.9. The second-order valence-corrected chi connectivity index (χ2v) is 10.3. The number of aliphatic hydroxyl groups excluding tert-OH is 1. The zero-order valence-corrected chi connectivity index (χ0v) is 18.2. The molecule has 0 aliphatic heterocycles. The van der Waals surface area contributed by atoms with Gasteiger partial charge in [-0.15, -0.1) is 0 Å². The molecule has 6 heteroatoms. The van der Waals surface area contributed by atoms with Crippen LogP contribution in [0.4, 0.5) is 0 Å². The Hall–Kier alpha value is -1.79. The van der Waals surface area contributed by atoms with Crippen LogP contribution in [0.25, 0.3) is 0 Å². The normalized spacial score (nSPS) is 44.9. The van der Waals surface area contributed by atoms with Gasteiger partial charge in [0.05, 0.1) is 6.10 Å². The average Bonchev–Trinajstić information content (AvgIpc) is 2.93. The Kier molecular flexibility index (Phi) is 4.90. The molecule has 4 rings (SSSR count). The summed E-state index contributed by atoms with van der Waals surface area (Å²) in [6.45, 7) is 6.86. The van der Waals surface area contributed by atoms with E-state index in [1.807, 2.05) is 13.8 Å². The van der Waals surface area contributed by atoms with Crippen LogP contribution in [0.1, 0.15) is 59.8 Å². The van der Waals surface area contributed by atoms with Crippen LogP contribution in [0, 0.1) is 28.6 Å². The number of hydrogen-bond donors (Lipinski definition) is 2. The number of ether oxygens (including phenoxy) is 1. The fourth-order valence-electron chi connectivity index (χ4n) is 7.30. The van der Waals surface area contributed by atoms with Crippen molar-refractivity contribution in [3.05, 3.63) is 23.3 Å². The number of aliphatic hydroxyl groups is 2. The largest absolute Gasteiger partial charge is 0.458 e. The molecule has 0 aromatic carbocycles. The number of esters is 1. The van der Waals surface area contributed by atoms with Crippen molar-refractivity contribution >= 4 is 17.5 Å². The molecule has 4 aliphatic carbocycles. The van der Waals surface area contributed by atoms with Gasteiger partial charge in [-0.2, -0.15) is 0 Å². The number of carbonyl (C=O) groups excluding carboxylic acids is 3. The fraction of sp³-hybridized carbons (Fsp3) is 0.708. The molecule has 2 saturated carbocycles. The van der Waals surface area contributed by atoms with Gasteiger partial charge in [-0.1, -0.05) is 25.5 Å². The minimum absolute atomic E-state index is 0.0182. The highest BCUT2D eigenvalue weighted by atomic mass is 16.5. The van der Waals surface area contributed by atoms with Crippen LogP contribution in [-0.2, 0) is 19.1 Å². The number of ketones is 2. The first-order valence-corrected chi connectivity index (χ1v) is 10.9. The van der Waals surface area contributed by atoms with E-state index in [1.165, 1.54) is 6.92 Å². The Morgan fingerprint density at radius 2 is 1.97 bits per heavy atom. The molecule has 0 saturated heterocycles. The van der Waals surface area contributed by atoms with Crippen LogP contribution in [0.5, 0.6) is 0 Å². The zero-order valence-electron chi connectivity index (χ0n) is 18.2. The Morgan fingerprint density at radius 3 is 2.63 bits per heavy atom. The van der Waals surface area contributed by atoms with Crippen LogP contribution >= 0.6 is 0 Å². The van der Waals surface area contributed by atoms with E-state index in [9.17, 15) is 24.6 Å². The predicted molar refractivity (Wildman–Crippen MR) is 109 cm³/mol. The van der Waals surface area contributed by atoms with E-state index >= 15 is 0 Å². The molecule has 2 fully saturated rings. The molecule has 2 N–H and O–H groups in total. The van der Waals surface area contributed by atoms with Crippen molar-refractivity contribution in [3.8, 4) is 0 Å². The second-order valence-electron chi connectivity index (χ2n) is 10.3. The summed E-state index contributed by atoms with van der Waals surface area (Å²) in [5, 5.41) is 22.9. The number of carbonyl (C=O) groups is 3. The molecule has 30 heavy (non-hydrogen) atoms. The van der Waals surface area contributed by atoms with Gasteiger partial charge in [0.1, 0.15) is 5.60 Å². The van der Waals surface area contributed by atoms with Crippen molar-refractivity contribution in [1.29, 1.82) is 0 Å². The molecule has 0 aromatic heterocycles. The summed E-state index contributed by atoms with van der Waals surface area (Å²) >= 11 is 0. The van der Waals surface area contributed by atoms with E-state index in [2.05, 4.69) is 13.0 Å². The molecule has 7 atom stereocenters. The monoisotopic (exact) mass is 416 g/mol. The first kappa shape index (κ1) is 21.4. The minimum Gasteiger partial charge on any atom is -0.458 e. The van der Waals surface area contributed by atoms with E-state index in [1.54, 1.807) is 6.08 Å². The maximum absolute atomic E-state index is 12.9. The summed E-state index contributed by atoms with van der Waals surface area (Å²) in [5.41, 5.74) is -0.628. The van der Waals surface area contributed by atoms with Gasteiger partial charge in [-0.25, -0.2) is 0 Å². The fourth-order valence-corrected chi connectivity index (χ4v) is 7.30. The van der Waals surface area contributed by atoms with Gasteiger partial charge in [0.15, 0.2) is 12.4 Å². The molecule has 0 amide bonds. The molecule has 0 bridgehead atoms. The first-order chi connectivity index (χ1) is 13.9. The van der Waals surface area contributed by atoms with Crippen molar-refractivity contribution in [1.82, 2.24) is 0 Å². The van der Waals surface area contributed by atoms with Gasteiger partial charge in [0.25, 0.3) is 0 Å². The maximum Gasteiger partial charge on any atom is 0.303 e. The molecule has 0 aromatic rings. The third-order valence-corrected chi connectivity index (χ3v) is 8.79. The second kappa shape index (κ2) is 6.86. The Morgan fingerprint density at radius 1 is 1.27 bits per heavy atom. The van der Waals surface area contributed by atoms with Gasteiger partial charge in [-0.3, -0.25) is 14.4 Å². The highest BCUT2D eigenvalue weighted by Gasteiger charge is 2.68. The lowest BCUT2D eigenvalue weighted by molar-refractivity contribution is -0.177. The molecular formula is C24H32O6. The number of rotatable bonds is 3. The third-order valence-electron chi connectivity index (χ3n) is 8.79. The SMILES string of the molecule is CC(=O)OCC(=O)[C@@]1(O)CCC2[C@@H]3C=C(C)C4=CC(=O)CC[C@]4(C)C3[C@@H](O)C[C@@]21C. The number of hydrogen-bond acceptors (Lipinski definition) is 6. The molecule has 0 spiro atoms. The van der Waals surface area contributed by atoms with Gasteiger partial charge >= 0.3 is 5.97 Å². The summed E-state index contributed by atoms with van der Waals surface area (Å²) in [6, 6.07) is 0. The summed E-state index contributed by atoms with van der Waals surface area (Å²) in [6.07, 6.45) is 5.68. The average molecular weight is 417 g/mol. The van der Waals surface area contributed by atoms with Gasteiger partial charge < -0.3 is 14.9 Å². The molecule has 0 heterocycles. The molecular weight excluding hydrogens is 384 g/mol. The predicted octanol–water partition coefficient (Wildman–Crippen LogP) is 2.52. The number of fused-ring (bicyclic) bond motifs is 5. The Labute approximate surface area is 177 Å². The summed E-state index contributed by atoms with van der Waals surface area (Å²) in [4.78, 5) is 36.2. The van der Waals surface area contributed by atoms with Gasteiger partial charge in [-0.05, 0) is 61.5 Å². The van der Waals surface area contributed by atoms with Crippen LogP contribution in [0.2, 0.25) is 0 Å². The van der Waals surface area contributed by atoms with Crippen molar-refractivity contribution in [3.63, 3.8) is 0 Å².